The maximum atomic E-state index is 14.0. The minimum Gasteiger partial charge on any atom is -0.487 e. The van der Waals surface area contributed by atoms with Crippen molar-refractivity contribution in [1.82, 2.24) is 0 Å². The van der Waals surface area contributed by atoms with Crippen molar-refractivity contribution in [2.45, 2.75) is 19.4 Å². The Labute approximate surface area is 117 Å². The van der Waals surface area contributed by atoms with Crippen LogP contribution < -0.4 is 10.5 Å². The highest BCUT2D eigenvalue weighted by Crippen LogP contribution is 2.29. The minimum atomic E-state index is -3.02. The molecule has 0 heterocycles. The van der Waals surface area contributed by atoms with Gasteiger partial charge in [-0.25, -0.2) is 0 Å². The fourth-order valence-electron chi connectivity index (χ4n) is 1.86. The third-order valence-corrected chi connectivity index (χ3v) is 3.09. The monoisotopic (exact) mass is 277 g/mol. The third kappa shape index (κ3) is 3.33. The van der Waals surface area contributed by atoms with Crippen LogP contribution in [0.25, 0.3) is 0 Å². The van der Waals surface area contributed by atoms with Crippen molar-refractivity contribution in [3.8, 4) is 5.75 Å². The fourth-order valence-corrected chi connectivity index (χ4v) is 1.86. The highest BCUT2D eigenvalue weighted by Gasteiger charge is 2.32. The summed E-state index contributed by atoms with van der Waals surface area (Å²) in [5.74, 6) is -2.57. The number of ether oxygens (including phenoxy) is 1. The summed E-state index contributed by atoms with van der Waals surface area (Å²) in [5.41, 5.74) is 7.16. The summed E-state index contributed by atoms with van der Waals surface area (Å²) < 4.78 is 33.3. The average molecular weight is 277 g/mol. The van der Waals surface area contributed by atoms with Crippen LogP contribution in [0.3, 0.4) is 0 Å². The van der Waals surface area contributed by atoms with E-state index < -0.39 is 12.5 Å². The quantitative estimate of drug-likeness (QED) is 0.905. The van der Waals surface area contributed by atoms with Crippen LogP contribution in [0.1, 0.15) is 16.7 Å². The first kappa shape index (κ1) is 14.5. The molecular formula is C16H17F2NO. The van der Waals surface area contributed by atoms with E-state index in [4.69, 9.17) is 10.5 Å². The van der Waals surface area contributed by atoms with Gasteiger partial charge < -0.3 is 10.5 Å². The Bertz CT molecular complexity index is 570. The lowest BCUT2D eigenvalue weighted by Gasteiger charge is -2.18. The molecule has 0 spiro atoms. The highest BCUT2D eigenvalue weighted by atomic mass is 19.3. The molecule has 2 aromatic carbocycles. The van der Waals surface area contributed by atoms with Gasteiger partial charge >= 0.3 is 5.92 Å². The average Bonchev–Trinajstić information content (AvgIpc) is 2.47. The van der Waals surface area contributed by atoms with Gasteiger partial charge in [0.2, 0.25) is 0 Å². The number of nitrogens with two attached hydrogens (primary N) is 1. The maximum Gasteiger partial charge on any atom is 0.306 e. The zero-order valence-corrected chi connectivity index (χ0v) is 11.3. The van der Waals surface area contributed by atoms with Gasteiger partial charge in [0.25, 0.3) is 0 Å². The van der Waals surface area contributed by atoms with Gasteiger partial charge in [-0.2, -0.15) is 8.78 Å². The van der Waals surface area contributed by atoms with E-state index in [1.54, 1.807) is 24.3 Å². The molecule has 0 aliphatic rings. The standard InChI is InChI=1S/C16H17F2NO/c1-12-7-8-13(10-19)9-15(12)20-11-16(17,18)14-5-3-2-4-6-14/h2-9H,10-11,19H2,1H3. The largest absolute Gasteiger partial charge is 0.487 e. The number of rotatable bonds is 5. The SMILES string of the molecule is Cc1ccc(CN)cc1OCC(F)(F)c1ccccc1. The second-order valence-electron chi connectivity index (χ2n) is 4.66. The van der Waals surface area contributed by atoms with Crippen molar-refractivity contribution in [2.75, 3.05) is 6.61 Å². The van der Waals surface area contributed by atoms with E-state index in [1.807, 2.05) is 19.1 Å². The summed E-state index contributed by atoms with van der Waals surface area (Å²) in [4.78, 5) is 0. The Morgan fingerprint density at radius 3 is 2.45 bits per heavy atom. The van der Waals surface area contributed by atoms with Gasteiger partial charge in [-0.15, -0.1) is 0 Å². The first-order chi connectivity index (χ1) is 9.53. The molecule has 0 unspecified atom stereocenters. The van der Waals surface area contributed by atoms with E-state index >= 15 is 0 Å². The second-order valence-corrected chi connectivity index (χ2v) is 4.66. The lowest BCUT2D eigenvalue weighted by Crippen LogP contribution is -2.23. The predicted molar refractivity (Wildman–Crippen MR) is 74.9 cm³/mol. The Kier molecular flexibility index (Phi) is 4.35. The topological polar surface area (TPSA) is 35.2 Å². The molecule has 0 atom stereocenters. The summed E-state index contributed by atoms with van der Waals surface area (Å²) in [6, 6.07) is 13.0. The van der Waals surface area contributed by atoms with Crippen LogP contribution in [0.4, 0.5) is 8.78 Å². The number of alkyl halides is 2. The van der Waals surface area contributed by atoms with E-state index in [2.05, 4.69) is 0 Å². The van der Waals surface area contributed by atoms with E-state index in [0.29, 0.717) is 12.3 Å². The summed E-state index contributed by atoms with van der Waals surface area (Å²) in [6.45, 7) is 1.48. The molecule has 0 radical (unpaired) electrons. The molecule has 0 saturated carbocycles. The van der Waals surface area contributed by atoms with Crippen LogP contribution in [0.2, 0.25) is 0 Å². The number of hydrogen-bond donors (Lipinski definition) is 1. The molecule has 0 amide bonds. The zero-order valence-electron chi connectivity index (χ0n) is 11.3. The van der Waals surface area contributed by atoms with Crippen molar-refractivity contribution < 1.29 is 13.5 Å². The molecule has 2 aromatic rings. The fraction of sp³-hybridized carbons (Fsp3) is 0.250. The highest BCUT2D eigenvalue weighted by molar-refractivity contribution is 5.36. The van der Waals surface area contributed by atoms with Gasteiger partial charge in [0.1, 0.15) is 5.75 Å². The number of benzene rings is 2. The van der Waals surface area contributed by atoms with Crippen molar-refractivity contribution in [3.05, 3.63) is 65.2 Å². The maximum absolute atomic E-state index is 14.0. The van der Waals surface area contributed by atoms with Crippen LogP contribution in [0.5, 0.6) is 5.75 Å². The van der Waals surface area contributed by atoms with Crippen molar-refractivity contribution >= 4 is 0 Å². The Morgan fingerprint density at radius 2 is 1.80 bits per heavy atom. The molecule has 20 heavy (non-hydrogen) atoms. The Morgan fingerprint density at radius 1 is 1.10 bits per heavy atom. The van der Waals surface area contributed by atoms with Crippen LogP contribution in [0.15, 0.2) is 48.5 Å². The molecule has 0 aliphatic heterocycles. The number of halogens is 2. The van der Waals surface area contributed by atoms with Crippen molar-refractivity contribution in [2.24, 2.45) is 5.73 Å². The summed E-state index contributed by atoms with van der Waals surface area (Å²) in [6.07, 6.45) is 0. The van der Waals surface area contributed by atoms with Crippen LogP contribution in [0, 0.1) is 6.92 Å². The Balaban J connectivity index is 2.12. The summed E-state index contributed by atoms with van der Waals surface area (Å²) >= 11 is 0. The van der Waals surface area contributed by atoms with E-state index in [1.165, 1.54) is 12.1 Å². The second kappa shape index (κ2) is 6.01. The normalized spacial score (nSPS) is 11.4. The van der Waals surface area contributed by atoms with Crippen LogP contribution >= 0.6 is 0 Å². The molecular weight excluding hydrogens is 260 g/mol. The molecule has 0 aliphatic carbocycles. The molecule has 2 nitrogen and oxygen atoms in total. The smallest absolute Gasteiger partial charge is 0.306 e. The predicted octanol–water partition coefficient (Wildman–Crippen LogP) is 3.62. The van der Waals surface area contributed by atoms with E-state index in [0.717, 1.165) is 11.1 Å². The lowest BCUT2D eigenvalue weighted by atomic mass is 10.1. The molecule has 0 bridgehead atoms. The van der Waals surface area contributed by atoms with Gasteiger partial charge in [-0.3, -0.25) is 0 Å². The first-order valence-corrected chi connectivity index (χ1v) is 6.38. The van der Waals surface area contributed by atoms with Gasteiger partial charge in [0.15, 0.2) is 6.61 Å². The molecule has 0 saturated heterocycles. The lowest BCUT2D eigenvalue weighted by molar-refractivity contribution is -0.0468. The third-order valence-electron chi connectivity index (χ3n) is 3.09. The number of aryl methyl sites for hydroxylation is 1. The Hall–Kier alpha value is -1.94. The zero-order chi connectivity index (χ0) is 14.6. The van der Waals surface area contributed by atoms with Crippen molar-refractivity contribution in [3.63, 3.8) is 0 Å². The van der Waals surface area contributed by atoms with Crippen LogP contribution in [-0.4, -0.2) is 6.61 Å². The van der Waals surface area contributed by atoms with Gasteiger partial charge in [0.05, 0.1) is 0 Å². The molecule has 0 aromatic heterocycles. The molecule has 2 N–H and O–H groups in total. The first-order valence-electron chi connectivity index (χ1n) is 6.38. The summed E-state index contributed by atoms with van der Waals surface area (Å²) in [5, 5.41) is 0. The minimum absolute atomic E-state index is 0.0485. The van der Waals surface area contributed by atoms with Gasteiger partial charge in [0, 0.05) is 12.1 Å². The molecule has 106 valence electrons. The molecule has 4 heteroatoms. The molecule has 2 rings (SSSR count). The number of hydrogen-bond acceptors (Lipinski definition) is 2. The molecule has 0 fully saturated rings. The van der Waals surface area contributed by atoms with Gasteiger partial charge in [-0.05, 0) is 24.1 Å². The van der Waals surface area contributed by atoms with E-state index in [9.17, 15) is 8.78 Å². The van der Waals surface area contributed by atoms with Crippen molar-refractivity contribution in [1.29, 1.82) is 0 Å². The van der Waals surface area contributed by atoms with E-state index in [-0.39, 0.29) is 5.56 Å². The van der Waals surface area contributed by atoms with Crippen LogP contribution in [-0.2, 0) is 12.5 Å². The summed E-state index contributed by atoms with van der Waals surface area (Å²) in [7, 11) is 0. The van der Waals surface area contributed by atoms with Gasteiger partial charge in [-0.1, -0.05) is 42.5 Å².